The molecule has 0 aliphatic heterocycles. The lowest BCUT2D eigenvalue weighted by molar-refractivity contribution is 0.415. The summed E-state index contributed by atoms with van der Waals surface area (Å²) in [6.45, 7) is 4.97. The Labute approximate surface area is 173 Å². The quantitative estimate of drug-likeness (QED) is 0.353. The Bertz CT molecular complexity index is 1120. The molecule has 4 aromatic rings. The van der Waals surface area contributed by atoms with E-state index >= 15 is 0 Å². The van der Waals surface area contributed by atoms with E-state index in [1.807, 2.05) is 12.1 Å². The number of fused-ring (bicyclic) bond motifs is 1. The third-order valence-electron chi connectivity index (χ3n) is 4.67. The molecule has 0 amide bonds. The van der Waals surface area contributed by atoms with Crippen LogP contribution in [-0.4, -0.2) is 23.6 Å². The minimum absolute atomic E-state index is 0.261. The molecular weight excluding hydrogens is 390 g/mol. The predicted molar refractivity (Wildman–Crippen MR) is 118 cm³/mol. The number of aromatic nitrogens is 2. The molecule has 2 heterocycles. The Kier molecular flexibility index (Phi) is 5.20. The van der Waals surface area contributed by atoms with E-state index in [9.17, 15) is 0 Å². The van der Waals surface area contributed by atoms with E-state index in [2.05, 4.69) is 70.5 Å². The molecule has 0 spiro atoms. The van der Waals surface area contributed by atoms with Gasteiger partial charge in [-0.05, 0) is 60.8 Å². The Morgan fingerprint density at radius 2 is 1.89 bits per heavy atom. The van der Waals surface area contributed by atoms with E-state index in [0.717, 1.165) is 45.1 Å². The first-order valence-corrected chi connectivity index (χ1v) is 10.3. The number of benzene rings is 2. The highest BCUT2D eigenvalue weighted by molar-refractivity contribution is 7.17. The van der Waals surface area contributed by atoms with Crippen LogP contribution in [0.1, 0.15) is 12.5 Å². The first-order valence-electron chi connectivity index (χ1n) is 9.04. The van der Waals surface area contributed by atoms with Gasteiger partial charge in [-0.25, -0.2) is 4.98 Å². The van der Waals surface area contributed by atoms with E-state index in [1.54, 1.807) is 18.4 Å². The summed E-state index contributed by atoms with van der Waals surface area (Å²) in [5.41, 5.74) is 4.48. The molecule has 0 N–H and O–H groups in total. The number of hydrogen-bond acceptors (Lipinski definition) is 5. The lowest BCUT2D eigenvalue weighted by atomic mass is 10.1. The van der Waals surface area contributed by atoms with Crippen LogP contribution < -0.4 is 9.64 Å². The van der Waals surface area contributed by atoms with Crippen molar-refractivity contribution in [3.8, 4) is 16.9 Å². The summed E-state index contributed by atoms with van der Waals surface area (Å²) in [6.07, 6.45) is 0. The van der Waals surface area contributed by atoms with Crippen LogP contribution in [-0.2, 0) is 0 Å². The number of aryl methyl sites for hydroxylation is 1. The normalized spacial score (nSPS) is 11.0. The van der Waals surface area contributed by atoms with Gasteiger partial charge in [0.1, 0.15) is 16.4 Å². The zero-order valence-electron chi connectivity index (χ0n) is 15.9. The highest BCUT2D eigenvalue weighted by Crippen LogP contribution is 2.41. The van der Waals surface area contributed by atoms with Crippen LogP contribution in [0.3, 0.4) is 0 Å². The van der Waals surface area contributed by atoms with Gasteiger partial charge in [-0.2, -0.15) is 4.98 Å². The molecule has 0 saturated carbocycles. The second-order valence-electron chi connectivity index (χ2n) is 6.46. The molecule has 6 heteroatoms. The lowest BCUT2D eigenvalue weighted by Crippen LogP contribution is -2.18. The standard InChI is InChI=1S/C22H20ClN3OS/c1-4-26(16-7-5-6-14(2)12-16)20-19-18(13-28-21(19)25-22(23)24-20)15-8-10-17(27-3)11-9-15/h5-13H,4H2,1-3H3. The number of nitrogens with zero attached hydrogens (tertiary/aromatic N) is 3. The summed E-state index contributed by atoms with van der Waals surface area (Å²) >= 11 is 7.86. The SMILES string of the molecule is CCN(c1cccc(C)c1)c1nc(Cl)nc2scc(-c3ccc(OC)cc3)c12. The van der Waals surface area contributed by atoms with Gasteiger partial charge in [-0.1, -0.05) is 24.3 Å². The molecule has 0 saturated heterocycles. The molecule has 142 valence electrons. The topological polar surface area (TPSA) is 38.2 Å². The van der Waals surface area contributed by atoms with Gasteiger partial charge in [0.25, 0.3) is 0 Å². The summed E-state index contributed by atoms with van der Waals surface area (Å²) in [6, 6.07) is 16.4. The third-order valence-corrected chi connectivity index (χ3v) is 5.71. The largest absolute Gasteiger partial charge is 0.497 e. The van der Waals surface area contributed by atoms with Crippen LogP contribution in [0.2, 0.25) is 5.28 Å². The first-order chi connectivity index (χ1) is 13.6. The maximum Gasteiger partial charge on any atom is 0.225 e. The van der Waals surface area contributed by atoms with Crippen molar-refractivity contribution in [2.24, 2.45) is 0 Å². The summed E-state index contributed by atoms with van der Waals surface area (Å²) in [5.74, 6) is 1.66. The van der Waals surface area contributed by atoms with Crippen LogP contribution >= 0.6 is 22.9 Å². The minimum Gasteiger partial charge on any atom is -0.497 e. The highest BCUT2D eigenvalue weighted by atomic mass is 35.5. The van der Waals surface area contributed by atoms with Crippen molar-refractivity contribution in [2.75, 3.05) is 18.6 Å². The number of ether oxygens (including phenoxy) is 1. The zero-order valence-corrected chi connectivity index (χ0v) is 17.5. The molecule has 0 atom stereocenters. The Hall–Kier alpha value is -2.63. The second-order valence-corrected chi connectivity index (χ2v) is 7.65. The van der Waals surface area contributed by atoms with Crippen molar-refractivity contribution in [1.82, 2.24) is 9.97 Å². The van der Waals surface area contributed by atoms with Crippen molar-refractivity contribution >= 4 is 44.7 Å². The molecule has 0 aliphatic rings. The van der Waals surface area contributed by atoms with Gasteiger partial charge >= 0.3 is 0 Å². The number of methoxy groups -OCH3 is 1. The Morgan fingerprint density at radius 1 is 1.11 bits per heavy atom. The molecular formula is C22H20ClN3OS. The molecule has 0 fully saturated rings. The number of hydrogen-bond donors (Lipinski definition) is 0. The van der Waals surface area contributed by atoms with E-state index in [-0.39, 0.29) is 5.28 Å². The van der Waals surface area contributed by atoms with Gasteiger partial charge in [0.2, 0.25) is 5.28 Å². The second kappa shape index (κ2) is 7.78. The van der Waals surface area contributed by atoms with Crippen LogP contribution in [0.5, 0.6) is 5.75 Å². The van der Waals surface area contributed by atoms with E-state index < -0.39 is 0 Å². The number of anilines is 2. The van der Waals surface area contributed by atoms with Gasteiger partial charge in [-0.15, -0.1) is 11.3 Å². The predicted octanol–water partition coefficient (Wildman–Crippen LogP) is 6.49. The van der Waals surface area contributed by atoms with E-state index in [0.29, 0.717) is 0 Å². The summed E-state index contributed by atoms with van der Waals surface area (Å²) < 4.78 is 5.29. The fourth-order valence-electron chi connectivity index (χ4n) is 3.33. The van der Waals surface area contributed by atoms with Crippen molar-refractivity contribution in [1.29, 1.82) is 0 Å². The van der Waals surface area contributed by atoms with E-state index in [4.69, 9.17) is 16.3 Å². The van der Waals surface area contributed by atoms with Gasteiger partial charge in [0.05, 0.1) is 12.5 Å². The molecule has 0 bridgehead atoms. The Balaban J connectivity index is 1.93. The maximum absolute atomic E-state index is 6.28. The van der Waals surface area contributed by atoms with E-state index in [1.165, 1.54) is 5.56 Å². The average molecular weight is 410 g/mol. The van der Waals surface area contributed by atoms with Crippen molar-refractivity contribution < 1.29 is 4.74 Å². The molecule has 0 radical (unpaired) electrons. The van der Waals surface area contributed by atoms with Crippen molar-refractivity contribution in [3.63, 3.8) is 0 Å². The lowest BCUT2D eigenvalue weighted by Gasteiger charge is -2.24. The fourth-order valence-corrected chi connectivity index (χ4v) is 4.48. The number of halogens is 1. The van der Waals surface area contributed by atoms with Gasteiger partial charge in [0.15, 0.2) is 0 Å². The summed E-state index contributed by atoms with van der Waals surface area (Å²) in [7, 11) is 1.67. The number of thiophene rings is 1. The van der Waals surface area contributed by atoms with Crippen molar-refractivity contribution in [3.05, 3.63) is 64.8 Å². The highest BCUT2D eigenvalue weighted by Gasteiger charge is 2.20. The third kappa shape index (κ3) is 3.43. The molecule has 0 aliphatic carbocycles. The van der Waals surface area contributed by atoms with Crippen LogP contribution in [0.15, 0.2) is 53.9 Å². The monoisotopic (exact) mass is 409 g/mol. The van der Waals surface area contributed by atoms with Crippen LogP contribution in [0, 0.1) is 6.92 Å². The summed E-state index contributed by atoms with van der Waals surface area (Å²) in [4.78, 5) is 12.2. The molecule has 2 aromatic carbocycles. The first kappa shape index (κ1) is 18.7. The molecule has 4 rings (SSSR count). The van der Waals surface area contributed by atoms with Crippen LogP contribution in [0.4, 0.5) is 11.5 Å². The maximum atomic E-state index is 6.28. The Morgan fingerprint density at radius 3 is 2.57 bits per heavy atom. The van der Waals surface area contributed by atoms with Gasteiger partial charge < -0.3 is 9.64 Å². The summed E-state index contributed by atoms with van der Waals surface area (Å²) in [5, 5.41) is 3.39. The van der Waals surface area contributed by atoms with Crippen molar-refractivity contribution in [2.45, 2.75) is 13.8 Å². The van der Waals surface area contributed by atoms with Crippen LogP contribution in [0.25, 0.3) is 21.3 Å². The fraction of sp³-hybridized carbons (Fsp3) is 0.182. The smallest absolute Gasteiger partial charge is 0.225 e. The number of rotatable bonds is 5. The zero-order chi connectivity index (χ0) is 19.7. The molecule has 28 heavy (non-hydrogen) atoms. The average Bonchev–Trinajstić information content (AvgIpc) is 3.12. The molecule has 0 unspecified atom stereocenters. The van der Waals surface area contributed by atoms with Gasteiger partial charge in [-0.3, -0.25) is 0 Å². The molecule has 2 aromatic heterocycles. The minimum atomic E-state index is 0.261. The molecule has 4 nitrogen and oxygen atoms in total. The van der Waals surface area contributed by atoms with Gasteiger partial charge in [0, 0.05) is 23.2 Å².